The second-order valence-corrected chi connectivity index (χ2v) is 4.99. The van der Waals surface area contributed by atoms with Gasteiger partial charge in [-0.15, -0.1) is 0 Å². The number of hydrogen-bond donors (Lipinski definition) is 2. The van der Waals surface area contributed by atoms with Gasteiger partial charge in [0.05, 0.1) is 18.4 Å². The van der Waals surface area contributed by atoms with Crippen LogP contribution in [0.5, 0.6) is 0 Å². The first-order chi connectivity index (χ1) is 8.79. The van der Waals surface area contributed by atoms with Crippen molar-refractivity contribution in [2.24, 2.45) is 5.73 Å². The summed E-state index contributed by atoms with van der Waals surface area (Å²) in [6, 6.07) is 2.14. The topological polar surface area (TPSA) is 76.3 Å². The van der Waals surface area contributed by atoms with Crippen molar-refractivity contribution in [2.75, 3.05) is 18.5 Å². The highest BCUT2D eigenvalue weighted by Crippen LogP contribution is 2.24. The monoisotopic (exact) mass is 249 g/mol. The molecule has 98 valence electrons. The maximum Gasteiger partial charge on any atom is 0.237 e. The Balaban J connectivity index is 1.55. The van der Waals surface area contributed by atoms with E-state index in [-0.39, 0.29) is 6.04 Å². The minimum Gasteiger partial charge on any atom is -0.372 e. The average Bonchev–Trinajstić information content (AvgIpc) is 3.11. The Hall–Kier alpha value is -1.24. The number of nitrogens with zero attached hydrogens (tertiary/aromatic N) is 3. The molecule has 1 aliphatic heterocycles. The van der Waals surface area contributed by atoms with Crippen LogP contribution in [-0.2, 0) is 11.3 Å². The van der Waals surface area contributed by atoms with Crippen molar-refractivity contribution < 1.29 is 4.74 Å². The Kier molecular flexibility index (Phi) is 3.40. The highest BCUT2D eigenvalue weighted by atomic mass is 16.5. The fraction of sp³-hybridized carbons (Fsp3) is 0.667. The first-order valence-corrected chi connectivity index (χ1v) is 6.50. The molecule has 1 aliphatic carbocycles. The summed E-state index contributed by atoms with van der Waals surface area (Å²) in [5.74, 6) is 0.626. The fourth-order valence-electron chi connectivity index (χ4n) is 2.00. The number of hydrogen-bond acceptors (Lipinski definition) is 6. The zero-order valence-electron chi connectivity index (χ0n) is 10.4. The van der Waals surface area contributed by atoms with Gasteiger partial charge in [0.15, 0.2) is 0 Å². The van der Waals surface area contributed by atoms with E-state index >= 15 is 0 Å². The van der Waals surface area contributed by atoms with Gasteiger partial charge in [-0.1, -0.05) is 0 Å². The lowest BCUT2D eigenvalue weighted by molar-refractivity contribution is 0.103. The molecule has 1 aromatic heterocycles. The molecule has 1 aromatic rings. The Bertz CT molecular complexity index is 409. The zero-order chi connectivity index (χ0) is 12.4. The van der Waals surface area contributed by atoms with E-state index in [4.69, 9.17) is 10.5 Å². The smallest absolute Gasteiger partial charge is 0.237 e. The predicted molar refractivity (Wildman–Crippen MR) is 67.6 cm³/mol. The number of aromatic nitrogens is 2. The lowest BCUT2D eigenvalue weighted by Gasteiger charge is -2.16. The van der Waals surface area contributed by atoms with Crippen LogP contribution in [0.25, 0.3) is 0 Å². The molecule has 18 heavy (non-hydrogen) atoms. The molecule has 0 amide bonds. The van der Waals surface area contributed by atoms with E-state index in [9.17, 15) is 0 Å². The molecule has 1 saturated carbocycles. The minimum atomic E-state index is 0.249. The molecule has 2 fully saturated rings. The molecule has 3 rings (SSSR count). The third-order valence-electron chi connectivity index (χ3n) is 3.19. The number of anilines is 1. The summed E-state index contributed by atoms with van der Waals surface area (Å²) >= 11 is 0. The van der Waals surface area contributed by atoms with Gasteiger partial charge in [0, 0.05) is 25.3 Å². The third kappa shape index (κ3) is 3.16. The Labute approximate surface area is 107 Å². The van der Waals surface area contributed by atoms with Crippen molar-refractivity contribution in [3.05, 3.63) is 18.0 Å². The first kappa shape index (κ1) is 11.8. The highest BCUT2D eigenvalue weighted by molar-refractivity contribution is 5.23. The summed E-state index contributed by atoms with van der Waals surface area (Å²) < 4.78 is 5.63. The molecule has 0 spiro atoms. The van der Waals surface area contributed by atoms with Crippen LogP contribution in [0.4, 0.5) is 5.95 Å². The van der Waals surface area contributed by atoms with Crippen LogP contribution in [0.15, 0.2) is 12.3 Å². The van der Waals surface area contributed by atoms with Gasteiger partial charge in [-0.05, 0) is 25.3 Å². The van der Waals surface area contributed by atoms with Crippen LogP contribution in [0.1, 0.15) is 25.0 Å². The van der Waals surface area contributed by atoms with E-state index < -0.39 is 0 Å². The van der Waals surface area contributed by atoms with Gasteiger partial charge in [-0.25, -0.2) is 15.0 Å². The van der Waals surface area contributed by atoms with Gasteiger partial charge < -0.3 is 10.5 Å². The molecule has 0 aromatic carbocycles. The van der Waals surface area contributed by atoms with Gasteiger partial charge in [0.25, 0.3) is 0 Å². The Morgan fingerprint density at radius 1 is 1.44 bits per heavy atom. The summed E-state index contributed by atoms with van der Waals surface area (Å²) in [5.41, 5.74) is 9.96. The molecule has 6 nitrogen and oxygen atoms in total. The molecule has 6 heteroatoms. The van der Waals surface area contributed by atoms with E-state index in [1.54, 1.807) is 6.20 Å². The number of hydrazine groups is 1. The second-order valence-electron chi connectivity index (χ2n) is 4.99. The quantitative estimate of drug-likeness (QED) is 0.792. The Morgan fingerprint density at radius 2 is 2.33 bits per heavy atom. The Morgan fingerprint density at radius 3 is 3.06 bits per heavy atom. The number of nitrogens with one attached hydrogen (secondary N) is 1. The van der Waals surface area contributed by atoms with E-state index in [2.05, 4.69) is 20.4 Å². The molecule has 0 bridgehead atoms. The summed E-state index contributed by atoms with van der Waals surface area (Å²) in [6.45, 7) is 2.35. The summed E-state index contributed by atoms with van der Waals surface area (Å²) in [6.07, 6.45) is 5.59. The van der Waals surface area contributed by atoms with Crippen molar-refractivity contribution in [1.29, 1.82) is 0 Å². The summed E-state index contributed by atoms with van der Waals surface area (Å²) in [4.78, 5) is 8.64. The molecule has 1 atom stereocenters. The fourth-order valence-corrected chi connectivity index (χ4v) is 2.00. The van der Waals surface area contributed by atoms with Crippen molar-refractivity contribution in [3.63, 3.8) is 0 Å². The predicted octanol–water partition coefficient (Wildman–Crippen LogP) is 0.515. The SMILES string of the molecule is NC1CCN(Nc2nccc(COC3CC3)n2)C1. The van der Waals surface area contributed by atoms with Crippen LogP contribution in [0, 0.1) is 0 Å². The molecule has 1 saturated heterocycles. The average molecular weight is 249 g/mol. The van der Waals surface area contributed by atoms with E-state index in [0.29, 0.717) is 18.7 Å². The second kappa shape index (κ2) is 5.17. The molecule has 1 unspecified atom stereocenters. The number of ether oxygens (including phenoxy) is 1. The van der Waals surface area contributed by atoms with Crippen LogP contribution in [0.3, 0.4) is 0 Å². The van der Waals surface area contributed by atoms with Crippen LogP contribution in [0.2, 0.25) is 0 Å². The maximum absolute atomic E-state index is 5.85. The summed E-state index contributed by atoms with van der Waals surface area (Å²) in [7, 11) is 0. The van der Waals surface area contributed by atoms with Gasteiger partial charge >= 0.3 is 0 Å². The van der Waals surface area contributed by atoms with Crippen LogP contribution in [-0.4, -0.2) is 40.2 Å². The van der Waals surface area contributed by atoms with Gasteiger partial charge in [0.2, 0.25) is 5.95 Å². The molecular formula is C12H19N5O. The first-order valence-electron chi connectivity index (χ1n) is 6.50. The van der Waals surface area contributed by atoms with Crippen LogP contribution >= 0.6 is 0 Å². The minimum absolute atomic E-state index is 0.249. The normalized spacial score (nSPS) is 24.4. The standard InChI is InChI=1S/C12H19N5O/c13-9-4-6-17(7-9)16-12-14-5-3-10(15-12)8-18-11-1-2-11/h3,5,9,11H,1-2,4,6-8,13H2,(H,14,15,16). The molecule has 3 N–H and O–H groups in total. The van der Waals surface area contributed by atoms with E-state index in [1.165, 1.54) is 12.8 Å². The molecule has 0 radical (unpaired) electrons. The number of rotatable bonds is 5. The summed E-state index contributed by atoms with van der Waals surface area (Å²) in [5, 5.41) is 2.06. The van der Waals surface area contributed by atoms with Gasteiger partial charge in [0.1, 0.15) is 0 Å². The maximum atomic E-state index is 5.85. The van der Waals surface area contributed by atoms with Crippen molar-refractivity contribution in [1.82, 2.24) is 15.0 Å². The molecule has 2 aliphatic rings. The van der Waals surface area contributed by atoms with E-state index in [0.717, 1.165) is 25.2 Å². The largest absolute Gasteiger partial charge is 0.372 e. The van der Waals surface area contributed by atoms with E-state index in [1.807, 2.05) is 6.07 Å². The lowest BCUT2D eigenvalue weighted by Crippen LogP contribution is -2.31. The van der Waals surface area contributed by atoms with Gasteiger partial charge in [-0.2, -0.15) is 0 Å². The van der Waals surface area contributed by atoms with Crippen molar-refractivity contribution >= 4 is 5.95 Å². The van der Waals surface area contributed by atoms with Crippen LogP contribution < -0.4 is 11.2 Å². The third-order valence-corrected chi connectivity index (χ3v) is 3.19. The van der Waals surface area contributed by atoms with Crippen molar-refractivity contribution in [3.8, 4) is 0 Å². The van der Waals surface area contributed by atoms with Gasteiger partial charge in [-0.3, -0.25) is 5.43 Å². The number of nitrogens with two attached hydrogens (primary N) is 1. The highest BCUT2D eigenvalue weighted by Gasteiger charge is 2.22. The molecular weight excluding hydrogens is 230 g/mol. The molecule has 2 heterocycles. The zero-order valence-corrected chi connectivity index (χ0v) is 10.4. The lowest BCUT2D eigenvalue weighted by atomic mass is 10.3. The van der Waals surface area contributed by atoms with Crippen molar-refractivity contribution in [2.45, 2.75) is 38.0 Å².